The maximum atomic E-state index is 14.1. The number of amides is 2. The number of nitrogens with zero attached hydrogens (tertiary/aromatic N) is 2. The lowest BCUT2D eigenvalue weighted by Gasteiger charge is -2.22. The lowest BCUT2D eigenvalue weighted by Crippen LogP contribution is -2.32. The number of aromatic amines is 1. The molecule has 0 aliphatic heterocycles. The maximum absolute atomic E-state index is 14.1. The number of aromatic nitrogens is 3. The molecule has 0 bridgehead atoms. The number of nitrogens with one attached hydrogen (secondary N) is 2. The van der Waals surface area contributed by atoms with Crippen molar-refractivity contribution in [2.24, 2.45) is 5.73 Å². The first-order valence-corrected chi connectivity index (χ1v) is 13.9. The summed E-state index contributed by atoms with van der Waals surface area (Å²) in [5.41, 5.74) is 11.1. The van der Waals surface area contributed by atoms with Crippen molar-refractivity contribution >= 4 is 22.8 Å². The van der Waals surface area contributed by atoms with Crippen LogP contribution in [-0.2, 0) is 17.6 Å². The number of benzene rings is 2. The lowest BCUT2D eigenvalue weighted by atomic mass is 9.94. The smallest absolute Gasteiger partial charge is 0.248 e. The highest BCUT2D eigenvalue weighted by Crippen LogP contribution is 2.44. The zero-order chi connectivity index (χ0) is 30.1. The van der Waals surface area contributed by atoms with Crippen LogP contribution in [0.5, 0.6) is 5.88 Å². The number of H-pyrrole nitrogens is 1. The number of hydrogen-bond donors (Lipinski definition) is 3. The topological polar surface area (TPSA) is 123 Å². The van der Waals surface area contributed by atoms with Gasteiger partial charge in [0.05, 0.1) is 36.3 Å². The molecule has 1 aliphatic rings. The van der Waals surface area contributed by atoms with E-state index < -0.39 is 23.6 Å². The van der Waals surface area contributed by atoms with Crippen molar-refractivity contribution in [3.8, 4) is 17.0 Å². The predicted octanol–water partition coefficient (Wildman–Crippen LogP) is 5.53. The Morgan fingerprint density at radius 2 is 1.88 bits per heavy atom. The molecule has 5 aromatic rings. The summed E-state index contributed by atoms with van der Waals surface area (Å²) >= 11 is 0. The van der Waals surface area contributed by atoms with Crippen molar-refractivity contribution in [3.05, 3.63) is 113 Å². The van der Waals surface area contributed by atoms with Crippen LogP contribution < -0.4 is 15.8 Å². The van der Waals surface area contributed by atoms with E-state index in [1.807, 2.05) is 6.07 Å². The molecule has 43 heavy (non-hydrogen) atoms. The van der Waals surface area contributed by atoms with Gasteiger partial charge in [0.25, 0.3) is 0 Å². The van der Waals surface area contributed by atoms with E-state index in [2.05, 4.69) is 15.3 Å². The van der Waals surface area contributed by atoms with E-state index in [9.17, 15) is 18.4 Å². The quantitative estimate of drug-likeness (QED) is 0.200. The first kappa shape index (κ1) is 28.0. The Labute approximate surface area is 246 Å². The van der Waals surface area contributed by atoms with Gasteiger partial charge < -0.3 is 20.8 Å². The molecule has 0 radical (unpaired) electrons. The molecular weight excluding hydrogens is 552 g/mol. The first-order valence-electron chi connectivity index (χ1n) is 13.9. The maximum Gasteiger partial charge on any atom is 0.248 e. The van der Waals surface area contributed by atoms with Crippen LogP contribution in [0, 0.1) is 11.6 Å². The minimum atomic E-state index is -0.767. The molecule has 2 amide bonds. The van der Waals surface area contributed by atoms with Crippen molar-refractivity contribution in [2.45, 2.75) is 37.6 Å². The van der Waals surface area contributed by atoms with Crippen molar-refractivity contribution in [1.29, 1.82) is 0 Å². The highest BCUT2D eigenvalue weighted by molar-refractivity contribution is 5.94. The number of primary amides is 1. The summed E-state index contributed by atoms with van der Waals surface area (Å²) in [5, 5.41) is 3.03. The molecule has 1 aliphatic carbocycles. The summed E-state index contributed by atoms with van der Waals surface area (Å²) in [6, 6.07) is 14.8. The van der Waals surface area contributed by atoms with E-state index in [1.165, 1.54) is 12.1 Å². The average molecular weight is 582 g/mol. The summed E-state index contributed by atoms with van der Waals surface area (Å²) in [4.78, 5) is 37.9. The highest BCUT2D eigenvalue weighted by Gasteiger charge is 2.29. The molecule has 6 rings (SSSR count). The molecule has 3 heterocycles. The third kappa shape index (κ3) is 6.08. The molecule has 0 spiro atoms. The van der Waals surface area contributed by atoms with Gasteiger partial charge in [0.1, 0.15) is 11.6 Å². The second-order valence-electron chi connectivity index (χ2n) is 10.7. The minimum absolute atomic E-state index is 0.00767. The number of pyridine rings is 2. The fourth-order valence-corrected chi connectivity index (χ4v) is 5.46. The second-order valence-corrected chi connectivity index (χ2v) is 10.7. The molecule has 0 unspecified atom stereocenters. The summed E-state index contributed by atoms with van der Waals surface area (Å²) in [5.74, 6) is -1.37. The Bertz CT molecular complexity index is 1830. The molecule has 4 N–H and O–H groups in total. The first-order chi connectivity index (χ1) is 20.8. The summed E-state index contributed by atoms with van der Waals surface area (Å²) < 4.78 is 33.8. The SMILES string of the molecule is COc1nc2c(CC(=O)N[C@@H](Cc3cc(F)cc(F)c3)c3ncccc3-c3cccc(C(N)=O)c3)c[nH]c2cc1C1CC1. The fraction of sp³-hybridized carbons (Fsp3) is 0.212. The number of ether oxygens (including phenoxy) is 1. The molecule has 1 atom stereocenters. The summed E-state index contributed by atoms with van der Waals surface area (Å²) in [7, 11) is 1.59. The zero-order valence-electron chi connectivity index (χ0n) is 23.4. The zero-order valence-corrected chi connectivity index (χ0v) is 23.4. The van der Waals surface area contributed by atoms with Crippen LogP contribution in [0.4, 0.5) is 8.78 Å². The molecule has 10 heteroatoms. The van der Waals surface area contributed by atoms with E-state index in [1.54, 1.807) is 55.9 Å². The third-order valence-electron chi connectivity index (χ3n) is 7.61. The molecule has 1 saturated carbocycles. The molecule has 0 saturated heterocycles. The van der Waals surface area contributed by atoms with Gasteiger partial charge in [-0.15, -0.1) is 0 Å². The van der Waals surface area contributed by atoms with Crippen LogP contribution in [0.15, 0.2) is 73.1 Å². The Hall–Kier alpha value is -5.12. The van der Waals surface area contributed by atoms with E-state index in [4.69, 9.17) is 15.5 Å². The van der Waals surface area contributed by atoms with Crippen molar-refractivity contribution < 1.29 is 23.1 Å². The Balaban J connectivity index is 1.34. The molecule has 8 nitrogen and oxygen atoms in total. The third-order valence-corrected chi connectivity index (χ3v) is 7.61. The Morgan fingerprint density at radius 3 is 2.60 bits per heavy atom. The fourth-order valence-electron chi connectivity index (χ4n) is 5.46. The van der Waals surface area contributed by atoms with Crippen molar-refractivity contribution in [3.63, 3.8) is 0 Å². The Kier molecular flexibility index (Phi) is 7.58. The van der Waals surface area contributed by atoms with Gasteiger partial charge >= 0.3 is 0 Å². The van der Waals surface area contributed by atoms with Crippen LogP contribution >= 0.6 is 0 Å². The van der Waals surface area contributed by atoms with E-state index >= 15 is 0 Å². The molecular formula is C33H29F2N5O3. The number of halogens is 2. The molecule has 3 aromatic heterocycles. The number of carbonyl (C=O) groups is 2. The number of nitrogens with two attached hydrogens (primary N) is 1. The molecule has 1 fully saturated rings. The van der Waals surface area contributed by atoms with Crippen LogP contribution in [0.1, 0.15) is 57.5 Å². The van der Waals surface area contributed by atoms with Gasteiger partial charge in [0.15, 0.2) is 0 Å². The van der Waals surface area contributed by atoms with Crippen LogP contribution in [0.3, 0.4) is 0 Å². The van der Waals surface area contributed by atoms with Crippen LogP contribution in [-0.4, -0.2) is 33.9 Å². The van der Waals surface area contributed by atoms with Crippen LogP contribution in [0.25, 0.3) is 22.2 Å². The minimum Gasteiger partial charge on any atom is -0.481 e. The van der Waals surface area contributed by atoms with Gasteiger partial charge in [-0.2, -0.15) is 0 Å². The Morgan fingerprint density at radius 1 is 1.09 bits per heavy atom. The average Bonchev–Trinajstić information content (AvgIpc) is 3.77. The van der Waals surface area contributed by atoms with Crippen molar-refractivity contribution in [2.75, 3.05) is 7.11 Å². The van der Waals surface area contributed by atoms with E-state index in [0.29, 0.717) is 50.8 Å². The van der Waals surface area contributed by atoms with Gasteiger partial charge in [0.2, 0.25) is 17.7 Å². The molecule has 218 valence electrons. The van der Waals surface area contributed by atoms with Gasteiger partial charge in [-0.25, -0.2) is 13.8 Å². The number of hydrogen-bond acceptors (Lipinski definition) is 5. The van der Waals surface area contributed by atoms with Crippen molar-refractivity contribution in [1.82, 2.24) is 20.3 Å². The van der Waals surface area contributed by atoms with Gasteiger partial charge in [-0.3, -0.25) is 14.6 Å². The summed E-state index contributed by atoms with van der Waals surface area (Å²) in [6.07, 6.45) is 5.58. The monoisotopic (exact) mass is 581 g/mol. The van der Waals surface area contributed by atoms with Gasteiger partial charge in [-0.1, -0.05) is 18.2 Å². The van der Waals surface area contributed by atoms with E-state index in [0.717, 1.165) is 30.0 Å². The lowest BCUT2D eigenvalue weighted by molar-refractivity contribution is -0.121. The predicted molar refractivity (Wildman–Crippen MR) is 157 cm³/mol. The standard InChI is InChI=1S/C33H29F2N5O3/c1-43-33-26(19-7-8-19)16-27-30(40-33)22(17-38-27)14-29(41)39-28(12-18-10-23(34)15-24(35)11-18)31-25(6-3-9-37-31)20-4-2-5-21(13-20)32(36)42/h2-6,9-11,13,15-17,19,28,38H,7-8,12,14H2,1H3,(H2,36,42)(H,39,41)/t28-/m0/s1. The number of fused-ring (bicyclic) bond motifs is 1. The van der Waals surface area contributed by atoms with E-state index in [-0.39, 0.29) is 18.7 Å². The van der Waals surface area contributed by atoms with Crippen LogP contribution in [0.2, 0.25) is 0 Å². The number of rotatable bonds is 10. The number of methoxy groups -OCH3 is 1. The normalized spacial score (nSPS) is 13.6. The van der Waals surface area contributed by atoms with Gasteiger partial charge in [0, 0.05) is 40.7 Å². The molecule has 2 aromatic carbocycles. The van der Waals surface area contributed by atoms with Gasteiger partial charge in [-0.05, 0) is 72.7 Å². The second kappa shape index (κ2) is 11.6. The number of carbonyl (C=O) groups excluding carboxylic acids is 2. The highest BCUT2D eigenvalue weighted by atomic mass is 19.1. The summed E-state index contributed by atoms with van der Waals surface area (Å²) in [6.45, 7) is 0. The largest absolute Gasteiger partial charge is 0.481 e.